The van der Waals surface area contributed by atoms with Crippen molar-refractivity contribution >= 4 is 12.6 Å². The van der Waals surface area contributed by atoms with Gasteiger partial charge in [0, 0.05) is 18.5 Å². The maximum Gasteiger partial charge on any atom is 0.0496 e. The van der Waals surface area contributed by atoms with Crippen molar-refractivity contribution < 1.29 is 0 Å². The first-order chi connectivity index (χ1) is 5.20. The van der Waals surface area contributed by atoms with Crippen LogP contribution in [0.1, 0.15) is 13.3 Å². The van der Waals surface area contributed by atoms with Crippen LogP contribution in [0, 0.1) is 0 Å². The van der Waals surface area contributed by atoms with E-state index < -0.39 is 0 Å². The molecular weight excluding hydrogens is 156 g/mol. The van der Waals surface area contributed by atoms with Crippen molar-refractivity contribution in [3.63, 3.8) is 0 Å². The Kier molecular flexibility index (Phi) is 3.69. The lowest BCUT2D eigenvalue weighted by atomic mass is 10.2. The van der Waals surface area contributed by atoms with E-state index in [1.165, 1.54) is 26.1 Å². The number of rotatable bonds is 4. The van der Waals surface area contributed by atoms with Gasteiger partial charge in [-0.2, -0.15) is 12.6 Å². The van der Waals surface area contributed by atoms with Gasteiger partial charge >= 0.3 is 0 Å². The highest BCUT2D eigenvalue weighted by atomic mass is 32.1. The van der Waals surface area contributed by atoms with E-state index in [1.807, 2.05) is 0 Å². The van der Waals surface area contributed by atoms with Gasteiger partial charge in [-0.15, -0.1) is 0 Å². The van der Waals surface area contributed by atoms with Gasteiger partial charge in [0.05, 0.1) is 0 Å². The van der Waals surface area contributed by atoms with Gasteiger partial charge in [0.2, 0.25) is 0 Å². The summed E-state index contributed by atoms with van der Waals surface area (Å²) in [5.41, 5.74) is 0. The van der Waals surface area contributed by atoms with E-state index in [-0.39, 0.29) is 0 Å². The van der Waals surface area contributed by atoms with Crippen molar-refractivity contribution in [1.82, 2.24) is 9.80 Å². The molecule has 0 aromatic heterocycles. The highest BCUT2D eigenvalue weighted by Gasteiger charge is 2.14. The van der Waals surface area contributed by atoms with Crippen molar-refractivity contribution in [2.45, 2.75) is 18.7 Å². The van der Waals surface area contributed by atoms with Crippen molar-refractivity contribution in [2.24, 2.45) is 0 Å². The summed E-state index contributed by atoms with van der Waals surface area (Å²) < 4.78 is 0. The van der Waals surface area contributed by atoms with Gasteiger partial charge in [-0.1, -0.05) is 0 Å². The molecule has 1 aliphatic heterocycles. The lowest BCUT2D eigenvalue weighted by Gasteiger charge is -2.32. The first-order valence-electron chi connectivity index (χ1n) is 4.31. The molecule has 1 rings (SSSR count). The molecule has 1 aliphatic rings. The van der Waals surface area contributed by atoms with Crippen LogP contribution >= 0.6 is 12.6 Å². The van der Waals surface area contributed by atoms with Crippen molar-refractivity contribution in [2.75, 3.05) is 33.2 Å². The highest BCUT2D eigenvalue weighted by molar-refractivity contribution is 7.80. The van der Waals surface area contributed by atoms with Gasteiger partial charge in [-0.25, -0.2) is 0 Å². The molecule has 0 saturated carbocycles. The fourth-order valence-electron chi connectivity index (χ4n) is 1.09. The van der Waals surface area contributed by atoms with Gasteiger partial charge in [0.15, 0.2) is 0 Å². The fraction of sp³-hybridized carbons (Fsp3) is 1.00. The Bertz CT molecular complexity index is 113. The van der Waals surface area contributed by atoms with E-state index in [1.54, 1.807) is 0 Å². The van der Waals surface area contributed by atoms with Crippen LogP contribution in [0.4, 0.5) is 0 Å². The zero-order chi connectivity index (χ0) is 8.27. The van der Waals surface area contributed by atoms with E-state index in [2.05, 4.69) is 36.4 Å². The Morgan fingerprint density at radius 1 is 1.55 bits per heavy atom. The van der Waals surface area contributed by atoms with E-state index in [0.717, 1.165) is 6.54 Å². The predicted molar refractivity (Wildman–Crippen MR) is 52.1 cm³/mol. The van der Waals surface area contributed by atoms with E-state index in [4.69, 9.17) is 0 Å². The average molecular weight is 174 g/mol. The van der Waals surface area contributed by atoms with E-state index in [0.29, 0.717) is 5.37 Å². The van der Waals surface area contributed by atoms with Crippen LogP contribution in [-0.4, -0.2) is 48.4 Å². The Morgan fingerprint density at radius 2 is 2.18 bits per heavy atom. The summed E-state index contributed by atoms with van der Waals surface area (Å²) in [6.45, 7) is 7.06. The topological polar surface area (TPSA) is 6.48 Å². The maximum atomic E-state index is 4.35. The summed E-state index contributed by atoms with van der Waals surface area (Å²) in [6.07, 6.45) is 1.39. The molecule has 0 aromatic carbocycles. The van der Waals surface area contributed by atoms with Gasteiger partial charge < -0.3 is 4.90 Å². The molecule has 1 saturated heterocycles. The Labute approximate surface area is 75.0 Å². The summed E-state index contributed by atoms with van der Waals surface area (Å²) in [4.78, 5) is 4.74. The Morgan fingerprint density at radius 3 is 2.55 bits per heavy atom. The van der Waals surface area contributed by atoms with Crippen LogP contribution in [0.2, 0.25) is 0 Å². The minimum absolute atomic E-state index is 0.385. The number of hydrogen-bond acceptors (Lipinski definition) is 3. The van der Waals surface area contributed by atoms with Crippen molar-refractivity contribution in [3.05, 3.63) is 0 Å². The molecule has 0 radical (unpaired) electrons. The lowest BCUT2D eigenvalue weighted by molar-refractivity contribution is 0.156. The van der Waals surface area contributed by atoms with Crippen LogP contribution < -0.4 is 0 Å². The van der Waals surface area contributed by atoms with Crippen LogP contribution in [0.5, 0.6) is 0 Å². The lowest BCUT2D eigenvalue weighted by Crippen LogP contribution is -2.42. The standard InChI is InChI=1S/C8H18N2S/c1-8(11)9(2)6-7-10-4-3-5-10/h8,11H,3-7H2,1-2H3. The second-order valence-electron chi connectivity index (χ2n) is 3.31. The molecule has 0 bridgehead atoms. The molecule has 1 unspecified atom stereocenters. The average Bonchev–Trinajstić information content (AvgIpc) is 1.83. The largest absolute Gasteiger partial charge is 0.302 e. The third kappa shape index (κ3) is 3.01. The minimum Gasteiger partial charge on any atom is -0.302 e. The summed E-state index contributed by atoms with van der Waals surface area (Å²) in [5, 5.41) is 0.385. The smallest absolute Gasteiger partial charge is 0.0496 e. The minimum atomic E-state index is 0.385. The zero-order valence-electron chi connectivity index (χ0n) is 7.45. The Balaban J connectivity index is 2.01. The molecule has 0 aliphatic carbocycles. The second-order valence-corrected chi connectivity index (χ2v) is 4.06. The summed E-state index contributed by atoms with van der Waals surface area (Å²) >= 11 is 4.35. The van der Waals surface area contributed by atoms with E-state index >= 15 is 0 Å². The van der Waals surface area contributed by atoms with Crippen molar-refractivity contribution in [1.29, 1.82) is 0 Å². The quantitative estimate of drug-likeness (QED) is 0.500. The normalized spacial score (nSPS) is 21.8. The van der Waals surface area contributed by atoms with Gasteiger partial charge in [0.25, 0.3) is 0 Å². The second kappa shape index (κ2) is 4.33. The van der Waals surface area contributed by atoms with Gasteiger partial charge in [-0.3, -0.25) is 4.90 Å². The molecule has 1 fully saturated rings. The third-order valence-electron chi connectivity index (χ3n) is 2.36. The molecule has 0 aromatic rings. The molecule has 0 amide bonds. The summed E-state index contributed by atoms with van der Waals surface area (Å²) in [7, 11) is 2.12. The van der Waals surface area contributed by atoms with Gasteiger partial charge in [0.1, 0.15) is 0 Å². The maximum absolute atomic E-state index is 4.35. The Hall–Kier alpha value is 0.270. The molecule has 3 heteroatoms. The first-order valence-corrected chi connectivity index (χ1v) is 4.82. The number of thiol groups is 1. The zero-order valence-corrected chi connectivity index (χ0v) is 8.35. The van der Waals surface area contributed by atoms with Crippen molar-refractivity contribution in [3.8, 4) is 0 Å². The molecule has 0 N–H and O–H groups in total. The summed E-state index contributed by atoms with van der Waals surface area (Å²) in [6, 6.07) is 0. The van der Waals surface area contributed by atoms with Crippen LogP contribution in [-0.2, 0) is 0 Å². The molecule has 1 atom stereocenters. The number of likely N-dealkylation sites (tertiary alicyclic amines) is 1. The SMILES string of the molecule is CC(S)N(C)CCN1CCC1. The van der Waals surface area contributed by atoms with Crippen LogP contribution in [0.3, 0.4) is 0 Å². The molecule has 11 heavy (non-hydrogen) atoms. The molecule has 66 valence electrons. The first kappa shape index (κ1) is 9.36. The number of hydrogen-bond donors (Lipinski definition) is 1. The fourth-order valence-corrected chi connectivity index (χ4v) is 1.21. The van der Waals surface area contributed by atoms with E-state index in [9.17, 15) is 0 Å². The number of nitrogens with zero attached hydrogens (tertiary/aromatic N) is 2. The third-order valence-corrected chi connectivity index (χ3v) is 2.75. The molecule has 2 nitrogen and oxygen atoms in total. The molecule has 1 heterocycles. The number of likely N-dealkylation sites (N-methyl/N-ethyl adjacent to an activating group) is 1. The molecular formula is C8H18N2S. The summed E-state index contributed by atoms with van der Waals surface area (Å²) in [5.74, 6) is 0. The highest BCUT2D eigenvalue weighted by Crippen LogP contribution is 2.06. The monoisotopic (exact) mass is 174 g/mol. The van der Waals surface area contributed by atoms with Crippen LogP contribution in [0.15, 0.2) is 0 Å². The van der Waals surface area contributed by atoms with Crippen LogP contribution in [0.25, 0.3) is 0 Å². The predicted octanol–water partition coefficient (Wildman–Crippen LogP) is 0.900. The van der Waals surface area contributed by atoms with Gasteiger partial charge in [-0.05, 0) is 33.5 Å². The molecule has 0 spiro atoms.